The molecule has 1 aliphatic rings. The number of benzene rings is 3. The van der Waals surface area contributed by atoms with Gasteiger partial charge in [-0.05, 0) is 59.5 Å². The number of halogens is 4. The van der Waals surface area contributed by atoms with Gasteiger partial charge in [-0.25, -0.2) is 4.39 Å². The Labute approximate surface area is 228 Å². The molecule has 1 N–H and O–H groups in total. The van der Waals surface area contributed by atoms with Crippen LogP contribution < -0.4 is 10.2 Å². The summed E-state index contributed by atoms with van der Waals surface area (Å²) in [6.45, 7) is 0.336. The van der Waals surface area contributed by atoms with Gasteiger partial charge >= 0.3 is 6.18 Å². The maximum Gasteiger partial charge on any atom is 0.416 e. The van der Waals surface area contributed by atoms with Crippen LogP contribution in [0.2, 0.25) is 0 Å². The third-order valence-electron chi connectivity index (χ3n) is 6.50. The second-order valence-electron chi connectivity index (χ2n) is 9.23. The first kappa shape index (κ1) is 27.4. The first-order valence-corrected chi connectivity index (χ1v) is 13.3. The number of hydrogen-bond acceptors (Lipinski definition) is 5. The Kier molecular flexibility index (Phi) is 7.59. The molecule has 11 heteroatoms. The smallest absolute Gasteiger partial charge is 0.416 e. The highest BCUT2D eigenvalue weighted by Crippen LogP contribution is 2.30. The molecule has 0 aliphatic carbocycles. The Morgan fingerprint density at radius 2 is 1.75 bits per heavy atom. The second-order valence-corrected chi connectivity index (χ2v) is 10.2. The summed E-state index contributed by atoms with van der Waals surface area (Å²) >= 11 is 0. The lowest BCUT2D eigenvalue weighted by Crippen LogP contribution is -2.46. The molecule has 40 heavy (non-hydrogen) atoms. The molecular weight excluding hydrogens is 548 g/mol. The van der Waals surface area contributed by atoms with Crippen molar-refractivity contribution in [3.63, 3.8) is 0 Å². The molecule has 1 aromatic heterocycles. The Morgan fingerprint density at radius 3 is 2.48 bits per heavy atom. The number of rotatable bonds is 6. The molecule has 0 spiro atoms. The fourth-order valence-corrected chi connectivity index (χ4v) is 5.15. The van der Waals surface area contributed by atoms with Crippen molar-refractivity contribution < 1.29 is 35.2 Å². The van der Waals surface area contributed by atoms with Gasteiger partial charge in [0.2, 0.25) is 16.2 Å². The van der Waals surface area contributed by atoms with E-state index in [0.717, 1.165) is 17.7 Å². The highest BCUT2D eigenvalue weighted by Gasteiger charge is 2.35. The van der Waals surface area contributed by atoms with Crippen LogP contribution in [0.15, 0.2) is 77.2 Å². The molecule has 0 unspecified atom stereocenters. The van der Waals surface area contributed by atoms with E-state index in [9.17, 15) is 30.8 Å². The van der Waals surface area contributed by atoms with Crippen LogP contribution in [0.25, 0.3) is 23.1 Å². The van der Waals surface area contributed by atoms with E-state index >= 15 is 0 Å². The van der Waals surface area contributed by atoms with Crippen molar-refractivity contribution in [2.75, 3.05) is 11.4 Å². The maximum atomic E-state index is 13.8. The minimum atomic E-state index is -4.41. The Balaban J connectivity index is 1.44. The molecule has 1 atom stereocenters. The standard InChI is InChI=1S/C29H22F4N2O4S/c30-23-10-11-24-21(15-23)16-26(39-24)35(28(36)27-25(40(37)38)12-13-34-27)17-20-3-1-2-19(14-20)5-4-18-6-8-22(9-7-18)29(31,32)33/h1-11,14-16,27,34H,12-13,17H2/b5-4+/t27-/m1/s1. The lowest BCUT2D eigenvalue weighted by molar-refractivity contribution is -0.137. The van der Waals surface area contributed by atoms with Gasteiger partial charge in [0.25, 0.3) is 5.91 Å². The highest BCUT2D eigenvalue weighted by atomic mass is 32.2. The number of nitrogens with zero attached hydrogens (tertiary/aromatic N) is 1. The number of carbonyl (C=O) groups excluding carboxylic acids is 1. The predicted octanol–water partition coefficient (Wildman–Crippen LogP) is 5.71. The summed E-state index contributed by atoms with van der Waals surface area (Å²) in [6.07, 6.45) is -0.810. The molecule has 2 heterocycles. The van der Waals surface area contributed by atoms with Gasteiger partial charge in [0.05, 0.1) is 17.0 Å². The van der Waals surface area contributed by atoms with Gasteiger partial charge in [-0.3, -0.25) is 9.69 Å². The molecule has 1 saturated heterocycles. The molecule has 0 saturated carbocycles. The quantitative estimate of drug-likeness (QED) is 0.183. The van der Waals surface area contributed by atoms with Crippen LogP contribution in [0.3, 0.4) is 0 Å². The summed E-state index contributed by atoms with van der Waals surface area (Å²) in [5.74, 6) is -0.886. The lowest BCUT2D eigenvalue weighted by Gasteiger charge is -2.23. The largest absolute Gasteiger partial charge is 0.440 e. The number of alkyl halides is 3. The van der Waals surface area contributed by atoms with E-state index in [1.807, 2.05) is 0 Å². The normalized spacial score (nSPS) is 15.7. The average molecular weight is 571 g/mol. The van der Waals surface area contributed by atoms with Crippen LogP contribution in [-0.2, 0) is 27.8 Å². The third-order valence-corrected chi connectivity index (χ3v) is 7.37. The summed E-state index contributed by atoms with van der Waals surface area (Å²) < 4.78 is 81.6. The zero-order valence-electron chi connectivity index (χ0n) is 20.8. The van der Waals surface area contributed by atoms with Crippen molar-refractivity contribution >= 4 is 50.1 Å². The molecule has 1 amide bonds. The lowest BCUT2D eigenvalue weighted by atomic mass is 10.1. The molecule has 5 rings (SSSR count). The summed E-state index contributed by atoms with van der Waals surface area (Å²) in [5.41, 5.74) is 1.60. The van der Waals surface area contributed by atoms with E-state index in [-0.39, 0.29) is 23.7 Å². The van der Waals surface area contributed by atoms with Gasteiger partial charge in [0.15, 0.2) is 0 Å². The van der Waals surface area contributed by atoms with Gasteiger partial charge in [-0.2, -0.15) is 21.6 Å². The van der Waals surface area contributed by atoms with Crippen molar-refractivity contribution in [1.82, 2.24) is 5.32 Å². The molecule has 1 fully saturated rings. The molecule has 3 aromatic carbocycles. The summed E-state index contributed by atoms with van der Waals surface area (Å²) in [4.78, 5) is 15.0. The Bertz CT molecular complexity index is 1730. The van der Waals surface area contributed by atoms with Gasteiger partial charge in [-0.15, -0.1) is 0 Å². The Morgan fingerprint density at radius 1 is 1.00 bits per heavy atom. The number of nitrogens with one attached hydrogen (secondary N) is 1. The van der Waals surface area contributed by atoms with Gasteiger partial charge < -0.3 is 9.73 Å². The molecule has 1 aliphatic heterocycles. The number of carbonyl (C=O) groups is 1. The van der Waals surface area contributed by atoms with Crippen LogP contribution in [-0.4, -0.2) is 31.8 Å². The van der Waals surface area contributed by atoms with E-state index < -0.39 is 39.8 Å². The van der Waals surface area contributed by atoms with Gasteiger partial charge in [-0.1, -0.05) is 42.5 Å². The minimum Gasteiger partial charge on any atom is -0.440 e. The number of fused-ring (bicyclic) bond motifs is 1. The molecule has 206 valence electrons. The second kappa shape index (κ2) is 11.1. The number of anilines is 1. The third kappa shape index (κ3) is 6.00. The van der Waals surface area contributed by atoms with Crippen molar-refractivity contribution in [3.8, 4) is 0 Å². The SMILES string of the molecule is O=C([C@@H]1NCCC1=S(=O)=O)N(Cc1cccc(/C=C/c2ccc(C(F)(F)F)cc2)c1)c1cc2cc(F)ccc2o1. The molecule has 0 bridgehead atoms. The average Bonchev–Trinajstić information content (AvgIpc) is 3.58. The minimum absolute atomic E-state index is 0.0139. The van der Waals surface area contributed by atoms with Crippen molar-refractivity contribution in [3.05, 3.63) is 101 Å². The predicted molar refractivity (Wildman–Crippen MR) is 145 cm³/mol. The van der Waals surface area contributed by atoms with Gasteiger partial charge in [0, 0.05) is 18.0 Å². The van der Waals surface area contributed by atoms with Crippen LogP contribution in [0, 0.1) is 5.82 Å². The zero-order chi connectivity index (χ0) is 28.4. The van der Waals surface area contributed by atoms with Crippen molar-refractivity contribution in [2.24, 2.45) is 0 Å². The zero-order valence-corrected chi connectivity index (χ0v) is 21.6. The monoisotopic (exact) mass is 570 g/mol. The van der Waals surface area contributed by atoms with E-state index in [0.29, 0.717) is 28.6 Å². The van der Waals surface area contributed by atoms with Crippen LogP contribution >= 0.6 is 0 Å². The maximum absolute atomic E-state index is 13.8. The van der Waals surface area contributed by atoms with Crippen molar-refractivity contribution in [1.29, 1.82) is 0 Å². The number of furan rings is 1. The first-order chi connectivity index (χ1) is 19.1. The fourth-order valence-electron chi connectivity index (χ4n) is 4.51. The Hall–Kier alpha value is -4.22. The summed E-state index contributed by atoms with van der Waals surface area (Å²) in [7, 11) is -2.56. The van der Waals surface area contributed by atoms with E-state index in [1.54, 1.807) is 36.4 Å². The number of hydrogen-bond donors (Lipinski definition) is 1. The molecule has 4 aromatic rings. The van der Waals surface area contributed by atoms with E-state index in [1.165, 1.54) is 41.3 Å². The van der Waals surface area contributed by atoms with E-state index in [4.69, 9.17) is 4.42 Å². The summed E-state index contributed by atoms with van der Waals surface area (Å²) in [6, 6.07) is 16.3. The fraction of sp³-hybridized carbons (Fsp3) is 0.172. The summed E-state index contributed by atoms with van der Waals surface area (Å²) in [5, 5.41) is 3.37. The topological polar surface area (TPSA) is 79.6 Å². The molecule has 0 radical (unpaired) electrons. The van der Waals surface area contributed by atoms with E-state index in [2.05, 4.69) is 5.32 Å². The van der Waals surface area contributed by atoms with Crippen LogP contribution in [0.5, 0.6) is 0 Å². The number of amides is 1. The highest BCUT2D eigenvalue weighted by molar-refractivity contribution is 7.73. The van der Waals surface area contributed by atoms with Crippen molar-refractivity contribution in [2.45, 2.75) is 25.2 Å². The van der Waals surface area contributed by atoms with Crippen LogP contribution in [0.4, 0.5) is 23.4 Å². The molecular formula is C29H22F4N2O4S. The first-order valence-electron chi connectivity index (χ1n) is 12.2. The van der Waals surface area contributed by atoms with Gasteiger partial charge in [0.1, 0.15) is 17.4 Å². The molecule has 6 nitrogen and oxygen atoms in total. The van der Waals surface area contributed by atoms with Crippen LogP contribution in [0.1, 0.15) is 28.7 Å².